The second-order valence-electron chi connectivity index (χ2n) is 2.96. The zero-order chi connectivity index (χ0) is 10.4. The third-order valence-corrected chi connectivity index (χ3v) is 1.98. The van der Waals surface area contributed by atoms with E-state index in [1.807, 2.05) is 30.3 Å². The fourth-order valence-electron chi connectivity index (χ4n) is 1.22. The van der Waals surface area contributed by atoms with Gasteiger partial charge in [0.15, 0.2) is 0 Å². The van der Waals surface area contributed by atoms with Gasteiger partial charge in [-0.3, -0.25) is 0 Å². The van der Waals surface area contributed by atoms with Gasteiger partial charge in [0, 0.05) is 12.5 Å². The van der Waals surface area contributed by atoms with E-state index in [1.54, 1.807) is 0 Å². The summed E-state index contributed by atoms with van der Waals surface area (Å²) in [5.41, 5.74) is 0.906. The van der Waals surface area contributed by atoms with Gasteiger partial charge in [0.1, 0.15) is 6.09 Å². The fraction of sp³-hybridized carbons (Fsp3) is 0.300. The molecule has 76 valence electrons. The lowest BCUT2D eigenvalue weighted by atomic mass is 10.0. The molecule has 2 N–H and O–H groups in total. The van der Waals surface area contributed by atoms with Crippen LogP contribution in [0.15, 0.2) is 30.3 Å². The Kier molecular flexibility index (Phi) is 3.94. The van der Waals surface area contributed by atoms with Crippen molar-refractivity contribution in [3.8, 4) is 0 Å². The fourth-order valence-corrected chi connectivity index (χ4v) is 1.22. The number of carbonyl (C=O) groups excluding carboxylic acids is 1. The summed E-state index contributed by atoms with van der Waals surface area (Å²) in [5, 5.41) is 21.3. The molecule has 0 fully saturated rings. The van der Waals surface area contributed by atoms with E-state index < -0.39 is 6.09 Å². The van der Waals surface area contributed by atoms with Crippen LogP contribution in [0.1, 0.15) is 11.5 Å². The Balaban J connectivity index is 2.58. The van der Waals surface area contributed by atoms with Crippen LogP contribution in [0.4, 0.5) is 4.79 Å². The molecule has 0 aromatic heterocycles. The molecule has 0 radical (unpaired) electrons. The predicted molar refractivity (Wildman–Crippen MR) is 49.7 cm³/mol. The minimum Gasteiger partial charge on any atom is -0.530 e. The highest BCUT2D eigenvalue weighted by molar-refractivity contribution is 5.61. The Morgan fingerprint density at radius 1 is 1.43 bits per heavy atom. The summed E-state index contributed by atoms with van der Waals surface area (Å²) < 4.78 is 0. The topological polar surface area (TPSA) is 72.4 Å². The molecule has 0 heterocycles. The number of benzene rings is 1. The average molecular weight is 194 g/mol. The molecule has 0 saturated heterocycles. The molecule has 1 amide bonds. The van der Waals surface area contributed by atoms with Crippen LogP contribution < -0.4 is 10.4 Å². The molecular weight excluding hydrogens is 182 g/mol. The van der Waals surface area contributed by atoms with Gasteiger partial charge in [-0.15, -0.1) is 0 Å². The van der Waals surface area contributed by atoms with Crippen molar-refractivity contribution in [1.82, 2.24) is 5.32 Å². The van der Waals surface area contributed by atoms with Crippen molar-refractivity contribution >= 4 is 6.09 Å². The molecule has 0 saturated carbocycles. The van der Waals surface area contributed by atoms with Gasteiger partial charge >= 0.3 is 0 Å². The highest BCUT2D eigenvalue weighted by Gasteiger charge is 2.08. The summed E-state index contributed by atoms with van der Waals surface area (Å²) in [6.07, 6.45) is -1.32. The van der Waals surface area contributed by atoms with Gasteiger partial charge in [-0.25, -0.2) is 0 Å². The molecule has 0 aliphatic heterocycles. The maximum atomic E-state index is 10.1. The van der Waals surface area contributed by atoms with Crippen molar-refractivity contribution < 1.29 is 15.0 Å². The van der Waals surface area contributed by atoms with E-state index in [1.165, 1.54) is 0 Å². The Morgan fingerprint density at radius 3 is 2.57 bits per heavy atom. The third-order valence-electron chi connectivity index (χ3n) is 1.98. The number of rotatable bonds is 4. The first kappa shape index (κ1) is 10.5. The van der Waals surface area contributed by atoms with E-state index in [2.05, 4.69) is 5.32 Å². The van der Waals surface area contributed by atoms with Crippen LogP contribution in [-0.2, 0) is 0 Å². The Morgan fingerprint density at radius 2 is 2.07 bits per heavy atom. The lowest BCUT2D eigenvalue weighted by molar-refractivity contribution is -0.250. The summed E-state index contributed by atoms with van der Waals surface area (Å²) in [7, 11) is 0. The first-order valence-corrected chi connectivity index (χ1v) is 4.34. The SMILES string of the molecule is O=C([O-])NC[C@H](CO)c1ccccc1. The van der Waals surface area contributed by atoms with Crippen LogP contribution in [0, 0.1) is 0 Å². The standard InChI is InChI=1S/C10H13NO3/c12-7-9(6-11-10(13)14)8-4-2-1-3-5-8/h1-5,9,11-12H,6-7H2,(H,13,14)/p-1/t9-/m1/s1. The molecule has 0 aliphatic rings. The number of carboxylic acid groups (broad SMARTS) is 1. The average Bonchev–Trinajstić information content (AvgIpc) is 2.20. The van der Waals surface area contributed by atoms with Crippen LogP contribution in [-0.4, -0.2) is 24.4 Å². The summed E-state index contributed by atoms with van der Waals surface area (Å²) in [5.74, 6) is -0.214. The maximum absolute atomic E-state index is 10.1. The monoisotopic (exact) mass is 194 g/mol. The van der Waals surface area contributed by atoms with Crippen molar-refractivity contribution in [3.63, 3.8) is 0 Å². The number of carbonyl (C=O) groups is 1. The quantitative estimate of drug-likeness (QED) is 0.691. The van der Waals surface area contributed by atoms with Gasteiger partial charge < -0.3 is 20.3 Å². The molecule has 0 unspecified atom stereocenters. The largest absolute Gasteiger partial charge is 0.530 e. The third kappa shape index (κ3) is 3.06. The van der Waals surface area contributed by atoms with Crippen LogP contribution in [0.3, 0.4) is 0 Å². The molecule has 0 aliphatic carbocycles. The smallest absolute Gasteiger partial charge is 0.134 e. The Labute approximate surface area is 82.2 Å². The first-order valence-electron chi connectivity index (χ1n) is 4.34. The van der Waals surface area contributed by atoms with E-state index in [0.717, 1.165) is 5.56 Å². The van der Waals surface area contributed by atoms with E-state index in [0.29, 0.717) is 0 Å². The van der Waals surface area contributed by atoms with E-state index in [9.17, 15) is 9.90 Å². The molecule has 1 aromatic rings. The second-order valence-corrected chi connectivity index (χ2v) is 2.96. The van der Waals surface area contributed by atoms with Crippen molar-refractivity contribution in [2.75, 3.05) is 13.2 Å². The van der Waals surface area contributed by atoms with Gasteiger partial charge in [0.05, 0.1) is 6.61 Å². The van der Waals surface area contributed by atoms with E-state index in [-0.39, 0.29) is 19.1 Å². The van der Waals surface area contributed by atoms with E-state index >= 15 is 0 Å². The molecule has 1 aromatic carbocycles. The highest BCUT2D eigenvalue weighted by atomic mass is 16.4. The Hall–Kier alpha value is -1.55. The molecule has 0 spiro atoms. The van der Waals surface area contributed by atoms with Crippen molar-refractivity contribution in [1.29, 1.82) is 0 Å². The first-order chi connectivity index (χ1) is 6.74. The molecule has 0 bridgehead atoms. The van der Waals surface area contributed by atoms with E-state index in [4.69, 9.17) is 5.11 Å². The van der Waals surface area contributed by atoms with Gasteiger partial charge in [0.2, 0.25) is 0 Å². The van der Waals surface area contributed by atoms with Crippen molar-refractivity contribution in [2.24, 2.45) is 0 Å². The summed E-state index contributed by atoms with van der Waals surface area (Å²) in [4.78, 5) is 10.1. The number of hydrogen-bond donors (Lipinski definition) is 2. The number of hydrogen-bond acceptors (Lipinski definition) is 3. The van der Waals surface area contributed by atoms with Gasteiger partial charge in [-0.05, 0) is 5.56 Å². The summed E-state index contributed by atoms with van der Waals surface area (Å²) >= 11 is 0. The van der Waals surface area contributed by atoms with Gasteiger partial charge in [-0.1, -0.05) is 30.3 Å². The van der Waals surface area contributed by atoms with Crippen LogP contribution >= 0.6 is 0 Å². The second kappa shape index (κ2) is 5.24. The zero-order valence-corrected chi connectivity index (χ0v) is 7.64. The number of aliphatic hydroxyl groups is 1. The maximum Gasteiger partial charge on any atom is 0.134 e. The molecule has 14 heavy (non-hydrogen) atoms. The van der Waals surface area contributed by atoms with Gasteiger partial charge in [0.25, 0.3) is 0 Å². The van der Waals surface area contributed by atoms with Crippen molar-refractivity contribution in [2.45, 2.75) is 5.92 Å². The Bertz CT molecular complexity index is 287. The molecule has 4 heteroatoms. The molecule has 4 nitrogen and oxygen atoms in total. The summed E-state index contributed by atoms with van der Waals surface area (Å²) in [6, 6.07) is 9.24. The van der Waals surface area contributed by atoms with Gasteiger partial charge in [-0.2, -0.15) is 0 Å². The predicted octanol–water partition coefficient (Wildman–Crippen LogP) is -0.305. The molecular formula is C10H12NO3-. The normalized spacial score (nSPS) is 12.1. The van der Waals surface area contributed by atoms with Crippen LogP contribution in [0.5, 0.6) is 0 Å². The number of aliphatic hydroxyl groups excluding tert-OH is 1. The molecule has 1 atom stereocenters. The highest BCUT2D eigenvalue weighted by Crippen LogP contribution is 2.13. The summed E-state index contributed by atoms with van der Waals surface area (Å²) in [6.45, 7) is 0.0765. The van der Waals surface area contributed by atoms with Crippen LogP contribution in [0.2, 0.25) is 0 Å². The zero-order valence-electron chi connectivity index (χ0n) is 7.64. The lowest BCUT2D eigenvalue weighted by Gasteiger charge is -2.16. The minimum atomic E-state index is -1.32. The molecule has 1 rings (SSSR count). The van der Waals surface area contributed by atoms with Crippen LogP contribution in [0.25, 0.3) is 0 Å². The number of amides is 1. The van der Waals surface area contributed by atoms with Crippen molar-refractivity contribution in [3.05, 3.63) is 35.9 Å². The lowest BCUT2D eigenvalue weighted by Crippen LogP contribution is -2.39. The number of nitrogens with one attached hydrogen (secondary N) is 1. The minimum absolute atomic E-state index is 0.0930.